The van der Waals surface area contributed by atoms with Crippen LogP contribution in [0.3, 0.4) is 0 Å². The first kappa shape index (κ1) is 25.4. The Hall–Kier alpha value is -3.65. The molecule has 2 N–H and O–H groups in total. The molecular formula is C27H30ClN5O3. The second-order valence-corrected chi connectivity index (χ2v) is 9.74. The van der Waals surface area contributed by atoms with Crippen LogP contribution in [0.2, 0.25) is 5.02 Å². The van der Waals surface area contributed by atoms with Crippen LogP contribution in [-0.4, -0.2) is 44.3 Å². The predicted octanol–water partition coefficient (Wildman–Crippen LogP) is 4.35. The van der Waals surface area contributed by atoms with Crippen LogP contribution in [0.5, 0.6) is 0 Å². The highest BCUT2D eigenvalue weighted by atomic mass is 35.5. The summed E-state index contributed by atoms with van der Waals surface area (Å²) in [5, 5.41) is 6.32. The van der Waals surface area contributed by atoms with Gasteiger partial charge in [0.25, 0.3) is 11.8 Å². The summed E-state index contributed by atoms with van der Waals surface area (Å²) in [7, 11) is 0. The Morgan fingerprint density at radius 1 is 1.14 bits per heavy atom. The zero-order valence-electron chi connectivity index (χ0n) is 20.9. The van der Waals surface area contributed by atoms with E-state index >= 15 is 0 Å². The summed E-state index contributed by atoms with van der Waals surface area (Å²) >= 11 is 6.18. The highest BCUT2D eigenvalue weighted by Gasteiger charge is 2.48. The molecule has 2 heterocycles. The van der Waals surface area contributed by atoms with Crippen LogP contribution in [0.25, 0.3) is 0 Å². The number of carbonyl (C=O) groups is 3. The maximum atomic E-state index is 13.7. The third-order valence-electron chi connectivity index (χ3n) is 6.60. The van der Waals surface area contributed by atoms with Crippen molar-refractivity contribution in [2.45, 2.75) is 52.7 Å². The number of amides is 3. The number of hydrogen-bond acceptors (Lipinski definition) is 4. The van der Waals surface area contributed by atoms with Crippen molar-refractivity contribution in [3.8, 4) is 0 Å². The quantitative estimate of drug-likeness (QED) is 0.497. The second kappa shape index (κ2) is 10.1. The largest absolute Gasteiger partial charge is 0.350 e. The molecule has 36 heavy (non-hydrogen) atoms. The van der Waals surface area contributed by atoms with E-state index in [0.29, 0.717) is 30.2 Å². The lowest BCUT2D eigenvalue weighted by atomic mass is 9.93. The Kier molecular flexibility index (Phi) is 7.17. The SMILES string of the molecule is CCCN1C(=O)c2c(C(=O)Nc3cccc(Cl)c3C)ncn2C[C@]1(C)C(=O)NCc1ccc(C)cc1. The molecular weight excluding hydrogens is 478 g/mol. The first-order valence-electron chi connectivity index (χ1n) is 11.9. The molecule has 2 aromatic carbocycles. The summed E-state index contributed by atoms with van der Waals surface area (Å²) in [5.41, 5.74) is 2.43. The molecule has 3 aromatic rings. The molecule has 1 aliphatic rings. The van der Waals surface area contributed by atoms with E-state index in [9.17, 15) is 14.4 Å². The molecule has 0 saturated heterocycles. The molecule has 3 amide bonds. The summed E-state index contributed by atoms with van der Waals surface area (Å²) in [5.74, 6) is -1.17. The number of rotatable bonds is 7. The fourth-order valence-electron chi connectivity index (χ4n) is 4.43. The number of nitrogens with zero attached hydrogens (tertiary/aromatic N) is 3. The molecule has 0 bridgehead atoms. The van der Waals surface area contributed by atoms with Gasteiger partial charge in [0, 0.05) is 23.8 Å². The molecule has 1 atom stereocenters. The monoisotopic (exact) mass is 507 g/mol. The van der Waals surface area contributed by atoms with Gasteiger partial charge in [0.15, 0.2) is 5.69 Å². The number of hydrogen-bond donors (Lipinski definition) is 2. The number of imidazole rings is 1. The summed E-state index contributed by atoms with van der Waals surface area (Å²) in [6.45, 7) is 8.41. The van der Waals surface area contributed by atoms with Crippen molar-refractivity contribution in [1.29, 1.82) is 0 Å². The van der Waals surface area contributed by atoms with E-state index in [4.69, 9.17) is 11.6 Å². The number of aryl methyl sites for hydroxylation is 1. The standard InChI is InChI=1S/C27H30ClN5O3/c1-5-13-33-25(35)23-22(24(34)31-21-8-6-7-20(28)18(21)3)30-16-32(23)15-27(33,4)26(36)29-14-19-11-9-17(2)10-12-19/h6-12,16H,5,13-15H2,1-4H3,(H,29,36)(H,31,34)/t27-/m1/s1. The number of nitrogens with one attached hydrogen (secondary N) is 2. The first-order valence-corrected chi connectivity index (χ1v) is 12.3. The van der Waals surface area contributed by atoms with Crippen LogP contribution in [0.4, 0.5) is 5.69 Å². The molecule has 0 spiro atoms. The fourth-order valence-corrected chi connectivity index (χ4v) is 4.61. The molecule has 0 fully saturated rings. The summed E-state index contributed by atoms with van der Waals surface area (Å²) in [4.78, 5) is 46.0. The Balaban J connectivity index is 1.60. The van der Waals surface area contributed by atoms with Gasteiger partial charge in [-0.2, -0.15) is 0 Å². The van der Waals surface area contributed by atoms with E-state index < -0.39 is 17.4 Å². The average molecular weight is 508 g/mol. The normalized spacial score (nSPS) is 17.0. The molecule has 8 nitrogen and oxygen atoms in total. The van der Waals surface area contributed by atoms with Gasteiger partial charge in [-0.1, -0.05) is 54.4 Å². The lowest BCUT2D eigenvalue weighted by Crippen LogP contribution is -2.64. The maximum absolute atomic E-state index is 13.7. The van der Waals surface area contributed by atoms with Crippen LogP contribution >= 0.6 is 11.6 Å². The molecule has 188 valence electrons. The summed E-state index contributed by atoms with van der Waals surface area (Å²) in [6, 6.07) is 13.1. The van der Waals surface area contributed by atoms with Crippen molar-refractivity contribution in [3.05, 3.63) is 81.9 Å². The summed E-state index contributed by atoms with van der Waals surface area (Å²) < 4.78 is 1.60. The fraction of sp³-hybridized carbons (Fsp3) is 0.333. The van der Waals surface area contributed by atoms with Gasteiger partial charge in [0.05, 0.1) is 12.9 Å². The van der Waals surface area contributed by atoms with Crippen molar-refractivity contribution >= 4 is 35.0 Å². The van der Waals surface area contributed by atoms with Gasteiger partial charge in [-0.3, -0.25) is 14.4 Å². The van der Waals surface area contributed by atoms with Crippen LogP contribution in [0, 0.1) is 13.8 Å². The lowest BCUT2D eigenvalue weighted by Gasteiger charge is -2.43. The zero-order valence-corrected chi connectivity index (χ0v) is 21.6. The van der Waals surface area contributed by atoms with Crippen LogP contribution in [0.15, 0.2) is 48.8 Å². The summed E-state index contributed by atoms with van der Waals surface area (Å²) in [6.07, 6.45) is 2.10. The van der Waals surface area contributed by atoms with Crippen molar-refractivity contribution in [2.75, 3.05) is 11.9 Å². The third-order valence-corrected chi connectivity index (χ3v) is 7.01. The van der Waals surface area contributed by atoms with Gasteiger partial charge in [0.1, 0.15) is 11.2 Å². The minimum absolute atomic E-state index is 0.0163. The second-order valence-electron chi connectivity index (χ2n) is 9.34. The number of benzene rings is 2. The minimum Gasteiger partial charge on any atom is -0.350 e. The molecule has 1 aromatic heterocycles. The number of aromatic nitrogens is 2. The minimum atomic E-state index is -1.14. The molecule has 0 unspecified atom stereocenters. The topological polar surface area (TPSA) is 96.3 Å². The van der Waals surface area contributed by atoms with E-state index in [1.165, 1.54) is 6.33 Å². The number of carbonyl (C=O) groups excluding carboxylic acids is 3. The van der Waals surface area contributed by atoms with E-state index in [0.717, 1.165) is 16.7 Å². The Bertz CT molecular complexity index is 1320. The van der Waals surface area contributed by atoms with Crippen molar-refractivity contribution in [2.24, 2.45) is 0 Å². The van der Waals surface area contributed by atoms with Crippen LogP contribution in [-0.2, 0) is 17.9 Å². The highest BCUT2D eigenvalue weighted by Crippen LogP contribution is 2.30. The van der Waals surface area contributed by atoms with Gasteiger partial charge >= 0.3 is 0 Å². The van der Waals surface area contributed by atoms with Crippen molar-refractivity contribution in [3.63, 3.8) is 0 Å². The smallest absolute Gasteiger partial charge is 0.276 e. The van der Waals surface area contributed by atoms with Gasteiger partial charge in [-0.25, -0.2) is 4.98 Å². The Labute approximate surface area is 215 Å². The average Bonchev–Trinajstić information content (AvgIpc) is 3.28. The Morgan fingerprint density at radius 3 is 2.56 bits per heavy atom. The van der Waals surface area contributed by atoms with Gasteiger partial charge in [-0.15, -0.1) is 0 Å². The van der Waals surface area contributed by atoms with E-state index in [1.54, 1.807) is 41.5 Å². The molecule has 0 aliphatic carbocycles. The molecule has 9 heteroatoms. The molecule has 4 rings (SSSR count). The lowest BCUT2D eigenvalue weighted by molar-refractivity contribution is -0.133. The van der Waals surface area contributed by atoms with Crippen LogP contribution < -0.4 is 10.6 Å². The van der Waals surface area contributed by atoms with Gasteiger partial charge in [-0.05, 0) is 50.5 Å². The molecule has 0 radical (unpaired) electrons. The van der Waals surface area contributed by atoms with Crippen molar-refractivity contribution in [1.82, 2.24) is 19.8 Å². The zero-order chi connectivity index (χ0) is 26.0. The molecule has 0 saturated carbocycles. The number of halogens is 1. The van der Waals surface area contributed by atoms with E-state index in [2.05, 4.69) is 15.6 Å². The Morgan fingerprint density at radius 2 is 1.86 bits per heavy atom. The van der Waals surface area contributed by atoms with Gasteiger partial charge in [0.2, 0.25) is 5.91 Å². The third kappa shape index (κ3) is 4.73. The predicted molar refractivity (Wildman–Crippen MR) is 139 cm³/mol. The first-order chi connectivity index (χ1) is 17.2. The van der Waals surface area contributed by atoms with E-state index in [-0.39, 0.29) is 23.8 Å². The van der Waals surface area contributed by atoms with Crippen LogP contribution in [0.1, 0.15) is 57.9 Å². The van der Waals surface area contributed by atoms with Gasteiger partial charge < -0.3 is 20.1 Å². The highest BCUT2D eigenvalue weighted by molar-refractivity contribution is 6.31. The molecule has 1 aliphatic heterocycles. The van der Waals surface area contributed by atoms with Crippen molar-refractivity contribution < 1.29 is 14.4 Å². The number of anilines is 1. The van der Waals surface area contributed by atoms with E-state index in [1.807, 2.05) is 38.1 Å². The number of fused-ring (bicyclic) bond motifs is 1. The maximum Gasteiger partial charge on any atom is 0.276 e.